The van der Waals surface area contributed by atoms with Gasteiger partial charge in [0.25, 0.3) is 12.4 Å². The van der Waals surface area contributed by atoms with E-state index in [2.05, 4.69) is 15.9 Å². The zero-order valence-electron chi connectivity index (χ0n) is 8.86. The van der Waals surface area contributed by atoms with Crippen LogP contribution in [-0.4, -0.2) is 19.4 Å². The van der Waals surface area contributed by atoms with Gasteiger partial charge in [-0.2, -0.15) is 0 Å². The number of amides is 1. The van der Waals surface area contributed by atoms with Crippen LogP contribution in [0.5, 0.6) is 0 Å². The molecule has 16 heavy (non-hydrogen) atoms. The molecular formula is C11H10BrNO3. The molecule has 0 saturated carbocycles. The fourth-order valence-electron chi connectivity index (χ4n) is 1.94. The minimum atomic E-state index is -1.21. The van der Waals surface area contributed by atoms with Gasteiger partial charge >= 0.3 is 0 Å². The average molecular weight is 284 g/mol. The van der Waals surface area contributed by atoms with E-state index < -0.39 is 5.60 Å². The van der Waals surface area contributed by atoms with Crippen LogP contribution in [0.15, 0.2) is 22.7 Å². The van der Waals surface area contributed by atoms with Gasteiger partial charge in [0.15, 0.2) is 0 Å². The molecule has 2 rings (SSSR count). The van der Waals surface area contributed by atoms with Crippen LogP contribution in [0.3, 0.4) is 0 Å². The third kappa shape index (κ3) is 1.35. The monoisotopic (exact) mass is 283 g/mol. The van der Waals surface area contributed by atoms with Crippen LogP contribution < -0.4 is 4.90 Å². The van der Waals surface area contributed by atoms with Crippen LogP contribution in [0.4, 0.5) is 5.69 Å². The molecule has 0 unspecified atom stereocenters. The summed E-state index contributed by atoms with van der Waals surface area (Å²) in [4.78, 5) is 24.0. The second-order valence-corrected chi connectivity index (χ2v) is 4.69. The van der Waals surface area contributed by atoms with E-state index >= 15 is 0 Å². The predicted molar refractivity (Wildman–Crippen MR) is 62.1 cm³/mol. The Kier molecular flexibility index (Phi) is 2.50. The lowest BCUT2D eigenvalue weighted by Gasteiger charge is -2.20. The SMILES string of the molecule is CN1C(=O)[C@](C)(OC=O)c2cc(Br)ccc21. The van der Waals surface area contributed by atoms with E-state index in [4.69, 9.17) is 4.74 Å². The third-order valence-electron chi connectivity index (χ3n) is 2.83. The quantitative estimate of drug-likeness (QED) is 0.778. The van der Waals surface area contributed by atoms with Crippen LogP contribution in [0.1, 0.15) is 12.5 Å². The number of hydrogen-bond donors (Lipinski definition) is 0. The summed E-state index contributed by atoms with van der Waals surface area (Å²) in [5.74, 6) is -0.243. The number of nitrogens with zero attached hydrogens (tertiary/aromatic N) is 1. The van der Waals surface area contributed by atoms with Crippen molar-refractivity contribution in [1.82, 2.24) is 0 Å². The van der Waals surface area contributed by atoms with Crippen molar-refractivity contribution < 1.29 is 14.3 Å². The van der Waals surface area contributed by atoms with Crippen LogP contribution in [0, 0.1) is 0 Å². The number of hydrogen-bond acceptors (Lipinski definition) is 3. The number of benzene rings is 1. The van der Waals surface area contributed by atoms with Gasteiger partial charge in [0.05, 0.1) is 5.69 Å². The number of rotatable bonds is 2. The lowest BCUT2D eigenvalue weighted by atomic mass is 9.98. The van der Waals surface area contributed by atoms with Gasteiger partial charge < -0.3 is 9.64 Å². The van der Waals surface area contributed by atoms with Gasteiger partial charge in [0.1, 0.15) is 0 Å². The molecule has 84 valence electrons. The maximum atomic E-state index is 12.0. The maximum absolute atomic E-state index is 12.0. The zero-order chi connectivity index (χ0) is 11.9. The van der Waals surface area contributed by atoms with Crippen molar-refractivity contribution in [3.8, 4) is 0 Å². The topological polar surface area (TPSA) is 46.6 Å². The van der Waals surface area contributed by atoms with Crippen molar-refractivity contribution in [1.29, 1.82) is 0 Å². The van der Waals surface area contributed by atoms with Gasteiger partial charge in [-0.15, -0.1) is 0 Å². The predicted octanol–water partition coefficient (Wildman–Crippen LogP) is 1.81. The highest BCUT2D eigenvalue weighted by atomic mass is 79.9. The highest BCUT2D eigenvalue weighted by molar-refractivity contribution is 9.10. The summed E-state index contributed by atoms with van der Waals surface area (Å²) in [6, 6.07) is 5.45. The molecular weight excluding hydrogens is 274 g/mol. The van der Waals surface area contributed by atoms with E-state index in [0.29, 0.717) is 12.0 Å². The largest absolute Gasteiger partial charge is 0.446 e. The molecule has 0 fully saturated rings. The second kappa shape index (κ2) is 3.59. The lowest BCUT2D eigenvalue weighted by molar-refractivity contribution is -0.154. The van der Waals surface area contributed by atoms with E-state index in [1.54, 1.807) is 20.0 Å². The molecule has 4 nitrogen and oxygen atoms in total. The van der Waals surface area contributed by atoms with Crippen molar-refractivity contribution in [2.75, 3.05) is 11.9 Å². The minimum absolute atomic E-state index is 0.243. The Morgan fingerprint density at radius 1 is 1.50 bits per heavy atom. The zero-order valence-corrected chi connectivity index (χ0v) is 10.4. The Morgan fingerprint density at radius 3 is 2.81 bits per heavy atom. The van der Waals surface area contributed by atoms with Gasteiger partial charge in [0, 0.05) is 17.1 Å². The summed E-state index contributed by atoms with van der Waals surface area (Å²) in [5.41, 5.74) is 0.245. The molecule has 0 aromatic heterocycles. The van der Waals surface area contributed by atoms with E-state index in [0.717, 1.165) is 10.2 Å². The van der Waals surface area contributed by atoms with E-state index in [9.17, 15) is 9.59 Å². The molecule has 1 aliphatic rings. The number of anilines is 1. The van der Waals surface area contributed by atoms with E-state index in [1.807, 2.05) is 12.1 Å². The first-order chi connectivity index (χ1) is 7.50. The standard InChI is InChI=1S/C11H10BrNO3/c1-11(16-6-14)8-5-7(12)3-4-9(8)13(2)10(11)15/h3-6H,1-2H3/t11-/m1/s1. The van der Waals surface area contributed by atoms with Gasteiger partial charge in [0.2, 0.25) is 5.60 Å². The number of carbonyl (C=O) groups excluding carboxylic acids is 2. The molecule has 0 radical (unpaired) electrons. The molecule has 1 aromatic carbocycles. The summed E-state index contributed by atoms with van der Waals surface area (Å²) >= 11 is 3.33. The highest BCUT2D eigenvalue weighted by Gasteiger charge is 2.48. The summed E-state index contributed by atoms with van der Waals surface area (Å²) in [5, 5.41) is 0. The molecule has 0 saturated heterocycles. The maximum Gasteiger partial charge on any atom is 0.294 e. The Bertz CT molecular complexity index is 474. The Hall–Kier alpha value is -1.36. The summed E-state index contributed by atoms with van der Waals surface area (Å²) in [6.45, 7) is 1.90. The van der Waals surface area contributed by atoms with Crippen LogP contribution in [0.25, 0.3) is 0 Å². The van der Waals surface area contributed by atoms with Crippen molar-refractivity contribution in [3.05, 3.63) is 28.2 Å². The summed E-state index contributed by atoms with van der Waals surface area (Å²) in [7, 11) is 1.66. The van der Waals surface area contributed by atoms with E-state index in [1.165, 1.54) is 4.90 Å². The van der Waals surface area contributed by atoms with Gasteiger partial charge in [-0.25, -0.2) is 0 Å². The second-order valence-electron chi connectivity index (χ2n) is 3.77. The molecule has 1 atom stereocenters. The third-order valence-corrected chi connectivity index (χ3v) is 3.32. The first-order valence-electron chi connectivity index (χ1n) is 4.70. The molecule has 1 aliphatic heterocycles. The highest BCUT2D eigenvalue weighted by Crippen LogP contribution is 2.42. The molecule has 1 amide bonds. The lowest BCUT2D eigenvalue weighted by Crippen LogP contribution is -2.38. The van der Waals surface area contributed by atoms with Crippen molar-refractivity contribution in [3.63, 3.8) is 0 Å². The van der Waals surface area contributed by atoms with Crippen molar-refractivity contribution in [2.45, 2.75) is 12.5 Å². The molecule has 0 aliphatic carbocycles. The smallest absolute Gasteiger partial charge is 0.294 e. The average Bonchev–Trinajstić information content (AvgIpc) is 2.42. The van der Waals surface area contributed by atoms with Gasteiger partial charge in [-0.05, 0) is 25.1 Å². The van der Waals surface area contributed by atoms with Crippen molar-refractivity contribution in [2.24, 2.45) is 0 Å². The van der Waals surface area contributed by atoms with Crippen LogP contribution in [0.2, 0.25) is 0 Å². The first-order valence-corrected chi connectivity index (χ1v) is 5.49. The fourth-order valence-corrected chi connectivity index (χ4v) is 2.30. The Morgan fingerprint density at radius 2 is 2.19 bits per heavy atom. The van der Waals surface area contributed by atoms with Crippen molar-refractivity contribution >= 4 is 34.0 Å². The number of ether oxygens (including phenoxy) is 1. The molecule has 0 N–H and O–H groups in total. The number of carbonyl (C=O) groups is 2. The Balaban J connectivity index is 2.63. The first kappa shape index (κ1) is 11.1. The molecule has 1 aromatic rings. The van der Waals surface area contributed by atoms with E-state index in [-0.39, 0.29) is 5.91 Å². The number of fused-ring (bicyclic) bond motifs is 1. The van der Waals surface area contributed by atoms with Gasteiger partial charge in [-0.3, -0.25) is 9.59 Å². The summed E-state index contributed by atoms with van der Waals surface area (Å²) in [6.07, 6.45) is 0. The fraction of sp³-hybridized carbons (Fsp3) is 0.273. The summed E-state index contributed by atoms with van der Waals surface area (Å²) < 4.78 is 5.80. The van der Waals surface area contributed by atoms with Crippen LogP contribution >= 0.6 is 15.9 Å². The Labute approximate surface area is 101 Å². The number of likely N-dealkylation sites (N-methyl/N-ethyl adjacent to an activating group) is 1. The van der Waals surface area contributed by atoms with Crippen LogP contribution in [-0.2, 0) is 19.9 Å². The minimum Gasteiger partial charge on any atom is -0.446 e. The normalized spacial score (nSPS) is 23.2. The molecule has 0 bridgehead atoms. The molecule has 0 spiro atoms. The molecule has 1 heterocycles. The van der Waals surface area contributed by atoms with Gasteiger partial charge in [-0.1, -0.05) is 15.9 Å². The number of halogens is 1. The molecule has 5 heteroatoms.